The summed E-state index contributed by atoms with van der Waals surface area (Å²) < 4.78 is 6.80. The maximum Gasteiger partial charge on any atom is 0.297 e. The third kappa shape index (κ3) is 2.98. The van der Waals surface area contributed by atoms with Crippen LogP contribution in [0.2, 0.25) is 5.02 Å². The van der Waals surface area contributed by atoms with Crippen LogP contribution >= 0.6 is 38.9 Å². The van der Waals surface area contributed by atoms with Crippen molar-refractivity contribution < 1.29 is 9.21 Å². The van der Waals surface area contributed by atoms with E-state index in [2.05, 4.69) is 26.1 Å². The second kappa shape index (κ2) is 7.30. The first-order valence-corrected chi connectivity index (χ1v) is 11.1. The summed E-state index contributed by atoms with van der Waals surface area (Å²) in [7, 11) is 0. The summed E-state index contributed by atoms with van der Waals surface area (Å²) in [6, 6.07) is 11.6. The molecule has 0 spiro atoms. The normalized spacial score (nSPS) is 15.8. The highest BCUT2D eigenvalue weighted by atomic mass is 79.9. The van der Waals surface area contributed by atoms with Gasteiger partial charge in [-0.3, -0.25) is 14.5 Å². The van der Waals surface area contributed by atoms with E-state index in [1.54, 1.807) is 18.2 Å². The maximum absolute atomic E-state index is 13.5. The molecule has 0 N–H and O–H groups in total. The molecule has 2 aromatic heterocycles. The van der Waals surface area contributed by atoms with Gasteiger partial charge in [0.05, 0.1) is 17.0 Å². The number of hydrogen-bond acceptors (Lipinski definition) is 6. The fraction of sp³-hybridized carbons (Fsp3) is 0.143. The lowest BCUT2D eigenvalue weighted by atomic mass is 9.99. The molecule has 5 rings (SSSR count). The van der Waals surface area contributed by atoms with Gasteiger partial charge in [0.15, 0.2) is 5.43 Å². The molecular formula is C21H13BrClN3O3S. The molecule has 1 aliphatic rings. The van der Waals surface area contributed by atoms with Crippen molar-refractivity contribution in [2.75, 3.05) is 4.90 Å². The molecule has 1 aliphatic heterocycles. The first-order valence-electron chi connectivity index (χ1n) is 9.15. The topological polar surface area (TPSA) is 76.3 Å². The van der Waals surface area contributed by atoms with Gasteiger partial charge >= 0.3 is 0 Å². The van der Waals surface area contributed by atoms with Crippen LogP contribution in [0, 0.1) is 0 Å². The molecular weight excluding hydrogens is 490 g/mol. The molecule has 0 bridgehead atoms. The molecule has 1 amide bonds. The van der Waals surface area contributed by atoms with Crippen LogP contribution in [0.4, 0.5) is 5.13 Å². The van der Waals surface area contributed by atoms with Crippen molar-refractivity contribution >= 4 is 60.9 Å². The predicted molar refractivity (Wildman–Crippen MR) is 120 cm³/mol. The van der Waals surface area contributed by atoms with Gasteiger partial charge in [-0.2, -0.15) is 0 Å². The average Bonchev–Trinajstić information content (AvgIpc) is 3.32. The van der Waals surface area contributed by atoms with Crippen LogP contribution in [0.25, 0.3) is 11.0 Å². The molecule has 0 fully saturated rings. The number of aromatic nitrogens is 2. The highest BCUT2D eigenvalue weighted by Crippen LogP contribution is 2.42. The van der Waals surface area contributed by atoms with Gasteiger partial charge in [-0.15, -0.1) is 10.2 Å². The highest BCUT2D eigenvalue weighted by Gasteiger charge is 2.45. The zero-order chi connectivity index (χ0) is 21.0. The Kier molecular flexibility index (Phi) is 4.72. The predicted octanol–water partition coefficient (Wildman–Crippen LogP) is 5.37. The van der Waals surface area contributed by atoms with Crippen molar-refractivity contribution in [2.24, 2.45) is 0 Å². The molecule has 1 unspecified atom stereocenters. The quantitative estimate of drug-likeness (QED) is 0.376. The Morgan fingerprint density at radius 3 is 2.63 bits per heavy atom. The summed E-state index contributed by atoms with van der Waals surface area (Å²) in [4.78, 5) is 28.4. The summed E-state index contributed by atoms with van der Waals surface area (Å²) in [6.07, 6.45) is 0.704. The van der Waals surface area contributed by atoms with E-state index < -0.39 is 11.9 Å². The Hall–Kier alpha value is -2.55. The van der Waals surface area contributed by atoms with E-state index in [0.29, 0.717) is 27.5 Å². The van der Waals surface area contributed by atoms with Gasteiger partial charge in [0.25, 0.3) is 5.91 Å². The van der Waals surface area contributed by atoms with E-state index in [4.69, 9.17) is 16.0 Å². The number of fused-ring (bicyclic) bond motifs is 2. The second-order valence-electron chi connectivity index (χ2n) is 6.78. The fourth-order valence-corrected chi connectivity index (χ4v) is 4.83. The summed E-state index contributed by atoms with van der Waals surface area (Å²) >= 11 is 10.9. The monoisotopic (exact) mass is 501 g/mol. The number of anilines is 1. The SMILES string of the molecule is CCc1nnc(N2C(=O)c3oc4ccc(Cl)cc4c(=O)c3C2c2ccc(Br)cc2)s1. The molecule has 3 heterocycles. The van der Waals surface area contributed by atoms with E-state index in [-0.39, 0.29) is 16.8 Å². The van der Waals surface area contributed by atoms with Crippen LogP contribution in [0.1, 0.15) is 39.7 Å². The third-order valence-corrected chi connectivity index (χ3v) is 6.81. The molecule has 0 radical (unpaired) electrons. The molecule has 0 saturated heterocycles. The van der Waals surface area contributed by atoms with Gasteiger partial charge in [0, 0.05) is 9.50 Å². The minimum absolute atomic E-state index is 0.0241. The van der Waals surface area contributed by atoms with Crippen LogP contribution in [-0.2, 0) is 6.42 Å². The van der Waals surface area contributed by atoms with E-state index in [1.165, 1.54) is 16.2 Å². The Morgan fingerprint density at radius 2 is 1.93 bits per heavy atom. The van der Waals surface area contributed by atoms with Gasteiger partial charge in [-0.05, 0) is 42.3 Å². The number of nitrogens with zero attached hydrogens (tertiary/aromatic N) is 3. The summed E-state index contributed by atoms with van der Waals surface area (Å²) in [5, 5.41) is 10.4. The number of halogens is 2. The number of hydrogen-bond donors (Lipinski definition) is 0. The van der Waals surface area contributed by atoms with Crippen LogP contribution in [0.3, 0.4) is 0 Å². The van der Waals surface area contributed by atoms with Gasteiger partial charge < -0.3 is 4.42 Å². The molecule has 150 valence electrons. The summed E-state index contributed by atoms with van der Waals surface area (Å²) in [5.74, 6) is -0.387. The van der Waals surface area contributed by atoms with Gasteiger partial charge in [0.1, 0.15) is 10.6 Å². The highest BCUT2D eigenvalue weighted by molar-refractivity contribution is 9.10. The number of aryl methyl sites for hydroxylation is 1. The van der Waals surface area contributed by atoms with Gasteiger partial charge in [0.2, 0.25) is 10.9 Å². The minimum atomic E-state index is -0.669. The zero-order valence-electron chi connectivity index (χ0n) is 15.6. The van der Waals surface area contributed by atoms with Crippen LogP contribution in [-0.4, -0.2) is 16.1 Å². The molecule has 6 nitrogen and oxygen atoms in total. The van der Waals surface area contributed by atoms with Crippen molar-refractivity contribution in [1.82, 2.24) is 10.2 Å². The number of benzene rings is 2. The number of amides is 1. The zero-order valence-corrected chi connectivity index (χ0v) is 18.7. The van der Waals surface area contributed by atoms with Crippen molar-refractivity contribution in [2.45, 2.75) is 19.4 Å². The van der Waals surface area contributed by atoms with Gasteiger partial charge in [-0.25, -0.2) is 0 Å². The van der Waals surface area contributed by atoms with Crippen LogP contribution < -0.4 is 10.3 Å². The molecule has 2 aromatic carbocycles. The molecule has 9 heteroatoms. The summed E-state index contributed by atoms with van der Waals surface area (Å²) in [5.41, 5.74) is 1.09. The van der Waals surface area contributed by atoms with E-state index >= 15 is 0 Å². The van der Waals surface area contributed by atoms with E-state index in [9.17, 15) is 9.59 Å². The second-order valence-corrected chi connectivity index (χ2v) is 9.17. The average molecular weight is 503 g/mol. The Morgan fingerprint density at radius 1 is 1.17 bits per heavy atom. The standard InChI is InChI=1S/C21H13BrClN3O3S/c1-2-15-24-25-21(30-15)26-17(10-3-5-11(22)6-4-10)16-18(27)13-9-12(23)7-8-14(13)29-19(16)20(26)28/h3-9,17H,2H2,1H3. The first kappa shape index (κ1) is 19.4. The molecule has 0 saturated carbocycles. The Balaban J connectivity index is 1.80. The molecule has 1 atom stereocenters. The van der Waals surface area contributed by atoms with Crippen molar-refractivity contribution in [1.29, 1.82) is 0 Å². The number of carbonyl (C=O) groups excluding carboxylic acids is 1. The minimum Gasteiger partial charge on any atom is -0.450 e. The smallest absolute Gasteiger partial charge is 0.297 e. The van der Waals surface area contributed by atoms with E-state index in [1.807, 2.05) is 31.2 Å². The summed E-state index contributed by atoms with van der Waals surface area (Å²) in [6.45, 7) is 1.97. The number of carbonyl (C=O) groups is 1. The van der Waals surface area contributed by atoms with Crippen LogP contribution in [0.5, 0.6) is 0 Å². The first-order chi connectivity index (χ1) is 14.5. The van der Waals surface area contributed by atoms with Crippen LogP contribution in [0.15, 0.2) is 56.1 Å². The largest absolute Gasteiger partial charge is 0.450 e. The Bertz CT molecular complexity index is 1370. The lowest BCUT2D eigenvalue weighted by Crippen LogP contribution is -2.29. The van der Waals surface area contributed by atoms with Crippen molar-refractivity contribution in [3.63, 3.8) is 0 Å². The molecule has 30 heavy (non-hydrogen) atoms. The molecule has 0 aliphatic carbocycles. The van der Waals surface area contributed by atoms with Crippen molar-refractivity contribution in [3.8, 4) is 0 Å². The maximum atomic E-state index is 13.5. The lowest BCUT2D eigenvalue weighted by Gasteiger charge is -2.22. The molecule has 4 aromatic rings. The lowest BCUT2D eigenvalue weighted by molar-refractivity contribution is 0.0970. The third-order valence-electron chi connectivity index (χ3n) is 4.98. The van der Waals surface area contributed by atoms with Gasteiger partial charge in [-0.1, -0.05) is 57.9 Å². The van der Waals surface area contributed by atoms with E-state index in [0.717, 1.165) is 15.0 Å². The fourth-order valence-electron chi connectivity index (χ4n) is 3.59. The Labute approximate surface area is 188 Å². The number of rotatable bonds is 3. The van der Waals surface area contributed by atoms with Crippen molar-refractivity contribution in [3.05, 3.63) is 84.1 Å².